The van der Waals surface area contributed by atoms with Crippen molar-refractivity contribution in [1.82, 2.24) is 4.98 Å². The highest BCUT2D eigenvalue weighted by Crippen LogP contribution is 2.33. The van der Waals surface area contributed by atoms with Crippen LogP contribution >= 0.6 is 0 Å². The van der Waals surface area contributed by atoms with Gasteiger partial charge >= 0.3 is 0 Å². The monoisotopic (exact) mass is 280 g/mol. The molecule has 0 bridgehead atoms. The highest BCUT2D eigenvalue weighted by atomic mass is 16.5. The molecule has 0 spiro atoms. The number of rotatable bonds is 4. The number of ether oxygens (including phenoxy) is 2. The van der Waals surface area contributed by atoms with E-state index < -0.39 is 0 Å². The predicted octanol–water partition coefficient (Wildman–Crippen LogP) is 3.49. The van der Waals surface area contributed by atoms with Crippen LogP contribution in [-0.2, 0) is 6.54 Å². The molecule has 3 aromatic rings. The lowest BCUT2D eigenvalue weighted by Gasteiger charge is -2.12. The Balaban J connectivity index is 2.11. The Hall–Kier alpha value is -2.59. The van der Waals surface area contributed by atoms with Gasteiger partial charge in [-0.1, -0.05) is 30.3 Å². The molecule has 1 aromatic heterocycles. The molecule has 3 rings (SSSR count). The molecule has 0 atom stereocenters. The number of pyridine rings is 1. The molecule has 0 aliphatic carbocycles. The Morgan fingerprint density at radius 2 is 1.71 bits per heavy atom. The van der Waals surface area contributed by atoms with E-state index in [-0.39, 0.29) is 0 Å². The second-order valence-electron chi connectivity index (χ2n) is 4.60. The van der Waals surface area contributed by atoms with Gasteiger partial charge in [0.2, 0.25) is 5.88 Å². The Morgan fingerprint density at radius 3 is 2.48 bits per heavy atom. The van der Waals surface area contributed by atoms with E-state index in [1.165, 1.54) is 0 Å². The molecule has 0 unspecified atom stereocenters. The Bertz CT molecular complexity index is 772. The smallest absolute Gasteiger partial charge is 0.227 e. The van der Waals surface area contributed by atoms with E-state index in [0.717, 1.165) is 16.5 Å². The van der Waals surface area contributed by atoms with Crippen LogP contribution in [0.2, 0.25) is 0 Å². The van der Waals surface area contributed by atoms with Crippen LogP contribution in [0.25, 0.3) is 10.8 Å². The van der Waals surface area contributed by atoms with E-state index >= 15 is 0 Å². The van der Waals surface area contributed by atoms with Gasteiger partial charge in [0.15, 0.2) is 11.5 Å². The molecule has 21 heavy (non-hydrogen) atoms. The summed E-state index contributed by atoms with van der Waals surface area (Å²) >= 11 is 0. The molecule has 4 heteroatoms. The maximum atomic E-state index is 5.96. The van der Waals surface area contributed by atoms with Gasteiger partial charge in [0.05, 0.1) is 12.8 Å². The fourth-order valence-electron chi connectivity index (χ4n) is 2.21. The largest absolute Gasteiger partial charge is 0.493 e. The normalized spacial score (nSPS) is 10.6. The van der Waals surface area contributed by atoms with Crippen LogP contribution in [0.3, 0.4) is 0 Å². The summed E-state index contributed by atoms with van der Waals surface area (Å²) in [5.74, 6) is 1.84. The number of methoxy groups -OCH3 is 1. The van der Waals surface area contributed by atoms with Crippen molar-refractivity contribution >= 4 is 10.8 Å². The molecule has 0 saturated carbocycles. The zero-order valence-corrected chi connectivity index (χ0v) is 11.7. The summed E-state index contributed by atoms with van der Waals surface area (Å²) in [4.78, 5) is 4.49. The fraction of sp³-hybridized carbons (Fsp3) is 0.118. The van der Waals surface area contributed by atoms with E-state index in [1.54, 1.807) is 7.11 Å². The number of hydrogen-bond donors (Lipinski definition) is 1. The first-order valence-electron chi connectivity index (χ1n) is 6.71. The molecule has 0 amide bonds. The van der Waals surface area contributed by atoms with Gasteiger partial charge < -0.3 is 15.2 Å². The van der Waals surface area contributed by atoms with Gasteiger partial charge in [0.1, 0.15) is 0 Å². The standard InChI is InChI=1S/C17H16N2O2/c1-20-15-8-4-5-9-16(15)21-17-14-7-3-2-6-12(14)10-13(11-18)19-17/h2-10H,11,18H2,1H3. The minimum atomic E-state index is 0.368. The number of nitrogens with zero attached hydrogens (tertiary/aromatic N) is 1. The lowest BCUT2D eigenvalue weighted by molar-refractivity contribution is 0.375. The van der Waals surface area contributed by atoms with Gasteiger partial charge in [-0.2, -0.15) is 0 Å². The lowest BCUT2D eigenvalue weighted by atomic mass is 10.1. The lowest BCUT2D eigenvalue weighted by Crippen LogP contribution is -2.01. The molecule has 106 valence electrons. The summed E-state index contributed by atoms with van der Waals surface area (Å²) < 4.78 is 11.3. The third-order valence-electron chi connectivity index (χ3n) is 3.24. The van der Waals surface area contributed by atoms with Crippen LogP contribution in [0.4, 0.5) is 0 Å². The minimum Gasteiger partial charge on any atom is -0.493 e. The maximum Gasteiger partial charge on any atom is 0.227 e. The molecule has 2 N–H and O–H groups in total. The van der Waals surface area contributed by atoms with E-state index in [9.17, 15) is 0 Å². The van der Waals surface area contributed by atoms with E-state index in [4.69, 9.17) is 15.2 Å². The number of fused-ring (bicyclic) bond motifs is 1. The van der Waals surface area contributed by atoms with E-state index in [0.29, 0.717) is 23.9 Å². The number of nitrogens with two attached hydrogens (primary N) is 1. The summed E-state index contributed by atoms with van der Waals surface area (Å²) in [5, 5.41) is 2.00. The number of para-hydroxylation sites is 2. The Morgan fingerprint density at radius 1 is 1.00 bits per heavy atom. The molecule has 0 radical (unpaired) electrons. The summed E-state index contributed by atoms with van der Waals surface area (Å²) in [6.07, 6.45) is 0. The van der Waals surface area contributed by atoms with Crippen molar-refractivity contribution in [2.24, 2.45) is 5.73 Å². The summed E-state index contributed by atoms with van der Waals surface area (Å²) in [5.41, 5.74) is 6.51. The highest BCUT2D eigenvalue weighted by Gasteiger charge is 2.10. The SMILES string of the molecule is COc1ccccc1Oc1nc(CN)cc2ccccc12. The van der Waals surface area contributed by atoms with Crippen molar-refractivity contribution in [3.63, 3.8) is 0 Å². The van der Waals surface area contributed by atoms with Crippen LogP contribution in [-0.4, -0.2) is 12.1 Å². The molecule has 0 fully saturated rings. The molecular weight excluding hydrogens is 264 g/mol. The zero-order valence-electron chi connectivity index (χ0n) is 11.7. The molecular formula is C17H16N2O2. The summed E-state index contributed by atoms with van der Waals surface area (Å²) in [7, 11) is 1.62. The first-order valence-corrected chi connectivity index (χ1v) is 6.71. The first-order chi connectivity index (χ1) is 10.3. The van der Waals surface area contributed by atoms with Crippen molar-refractivity contribution in [2.45, 2.75) is 6.54 Å². The summed E-state index contributed by atoms with van der Waals surface area (Å²) in [6.45, 7) is 0.368. The molecule has 4 nitrogen and oxygen atoms in total. The molecule has 0 aliphatic rings. The van der Waals surface area contributed by atoms with Gasteiger partial charge in [0, 0.05) is 11.9 Å². The van der Waals surface area contributed by atoms with Gasteiger partial charge in [-0.3, -0.25) is 0 Å². The van der Waals surface area contributed by atoms with Gasteiger partial charge in [0.25, 0.3) is 0 Å². The van der Waals surface area contributed by atoms with Crippen molar-refractivity contribution in [3.8, 4) is 17.4 Å². The first kappa shape index (κ1) is 13.4. The number of hydrogen-bond acceptors (Lipinski definition) is 4. The predicted molar refractivity (Wildman–Crippen MR) is 82.7 cm³/mol. The van der Waals surface area contributed by atoms with Crippen LogP contribution in [0.1, 0.15) is 5.69 Å². The highest BCUT2D eigenvalue weighted by molar-refractivity contribution is 5.87. The molecule has 0 aliphatic heterocycles. The quantitative estimate of drug-likeness (QED) is 0.794. The number of aromatic nitrogens is 1. The third-order valence-corrected chi connectivity index (χ3v) is 3.24. The van der Waals surface area contributed by atoms with E-state index in [1.807, 2.05) is 54.6 Å². The molecule has 1 heterocycles. The van der Waals surface area contributed by atoms with Crippen LogP contribution in [0.15, 0.2) is 54.6 Å². The topological polar surface area (TPSA) is 57.4 Å². The average Bonchev–Trinajstić information content (AvgIpc) is 2.55. The number of benzene rings is 2. The maximum absolute atomic E-state index is 5.96. The van der Waals surface area contributed by atoms with Crippen LogP contribution in [0.5, 0.6) is 17.4 Å². The summed E-state index contributed by atoms with van der Waals surface area (Å²) in [6, 6.07) is 17.4. The second-order valence-corrected chi connectivity index (χ2v) is 4.60. The van der Waals surface area contributed by atoms with Gasteiger partial charge in [-0.05, 0) is 29.7 Å². The third kappa shape index (κ3) is 2.66. The minimum absolute atomic E-state index is 0.368. The molecule has 2 aromatic carbocycles. The fourth-order valence-corrected chi connectivity index (χ4v) is 2.21. The van der Waals surface area contributed by atoms with Crippen LogP contribution < -0.4 is 15.2 Å². The Kier molecular flexibility index (Phi) is 3.71. The van der Waals surface area contributed by atoms with Crippen molar-refractivity contribution in [3.05, 3.63) is 60.3 Å². The van der Waals surface area contributed by atoms with Gasteiger partial charge in [-0.15, -0.1) is 0 Å². The van der Waals surface area contributed by atoms with Crippen molar-refractivity contribution in [1.29, 1.82) is 0 Å². The average molecular weight is 280 g/mol. The van der Waals surface area contributed by atoms with Crippen molar-refractivity contribution in [2.75, 3.05) is 7.11 Å². The zero-order chi connectivity index (χ0) is 14.7. The molecule has 0 saturated heterocycles. The Labute approximate surface area is 123 Å². The second kappa shape index (κ2) is 5.81. The van der Waals surface area contributed by atoms with Crippen LogP contribution in [0, 0.1) is 0 Å². The van der Waals surface area contributed by atoms with E-state index in [2.05, 4.69) is 4.98 Å². The van der Waals surface area contributed by atoms with Crippen molar-refractivity contribution < 1.29 is 9.47 Å². The van der Waals surface area contributed by atoms with Gasteiger partial charge in [-0.25, -0.2) is 4.98 Å².